The zero-order valence-electron chi connectivity index (χ0n) is 19.3. The number of primary amides is 1. The fourth-order valence-corrected chi connectivity index (χ4v) is 5.73. The SMILES string of the molecule is Cc1cc(-c2cn3c(n2)sc2cc(NC(=O)CCCN4CCCCC4)ccc23)ccc1C(N)=O. The number of nitrogens with one attached hydrogen (secondary N) is 1. The second-order valence-corrected chi connectivity index (χ2v) is 10.0. The van der Waals surface area contributed by atoms with E-state index in [1.54, 1.807) is 17.4 Å². The molecule has 0 atom stereocenters. The molecule has 0 unspecified atom stereocenters. The number of benzene rings is 2. The standard InChI is InChI=1S/C26H29N5O2S/c1-17-14-18(7-9-20(17)25(27)33)21-16-31-22-10-8-19(15-23(22)34-26(31)29-21)28-24(32)6-5-13-30-11-3-2-4-12-30/h7-10,14-16H,2-6,11-13H2,1H3,(H2,27,33)(H,28,32). The number of imidazole rings is 1. The molecule has 1 saturated heterocycles. The molecule has 2 aromatic carbocycles. The van der Waals surface area contributed by atoms with E-state index < -0.39 is 5.91 Å². The maximum absolute atomic E-state index is 12.4. The second kappa shape index (κ2) is 9.56. The lowest BCUT2D eigenvalue weighted by Crippen LogP contribution is -2.31. The van der Waals surface area contributed by atoms with Gasteiger partial charge in [0.25, 0.3) is 0 Å². The van der Waals surface area contributed by atoms with Gasteiger partial charge in [0.15, 0.2) is 4.96 Å². The summed E-state index contributed by atoms with van der Waals surface area (Å²) in [6.45, 7) is 5.21. The van der Waals surface area contributed by atoms with E-state index >= 15 is 0 Å². The largest absolute Gasteiger partial charge is 0.366 e. The van der Waals surface area contributed by atoms with Crippen molar-refractivity contribution in [2.45, 2.75) is 39.0 Å². The molecule has 0 spiro atoms. The average molecular weight is 476 g/mol. The van der Waals surface area contributed by atoms with Gasteiger partial charge in [-0.25, -0.2) is 4.98 Å². The van der Waals surface area contributed by atoms with Crippen molar-refractivity contribution < 1.29 is 9.59 Å². The number of thiazole rings is 1. The van der Waals surface area contributed by atoms with Crippen molar-refractivity contribution in [2.24, 2.45) is 5.73 Å². The van der Waals surface area contributed by atoms with Gasteiger partial charge in [-0.3, -0.25) is 14.0 Å². The molecule has 5 rings (SSSR count). The van der Waals surface area contributed by atoms with Crippen molar-refractivity contribution in [3.63, 3.8) is 0 Å². The van der Waals surface area contributed by atoms with Gasteiger partial charge in [0.1, 0.15) is 0 Å². The van der Waals surface area contributed by atoms with Crippen LogP contribution in [0.5, 0.6) is 0 Å². The number of carbonyl (C=O) groups excluding carboxylic acids is 2. The molecule has 1 aliphatic rings. The number of nitrogens with two attached hydrogens (primary N) is 1. The third-order valence-electron chi connectivity index (χ3n) is 6.49. The van der Waals surface area contributed by atoms with Crippen molar-refractivity contribution in [1.82, 2.24) is 14.3 Å². The topological polar surface area (TPSA) is 92.7 Å². The number of likely N-dealkylation sites (tertiary alicyclic amines) is 1. The summed E-state index contributed by atoms with van der Waals surface area (Å²) in [7, 11) is 0. The Balaban J connectivity index is 1.27. The van der Waals surface area contributed by atoms with Crippen molar-refractivity contribution >= 4 is 44.0 Å². The van der Waals surface area contributed by atoms with Crippen LogP contribution in [0, 0.1) is 6.92 Å². The minimum atomic E-state index is -0.425. The van der Waals surface area contributed by atoms with Crippen LogP contribution in [0.2, 0.25) is 0 Å². The molecule has 176 valence electrons. The summed E-state index contributed by atoms with van der Waals surface area (Å²) < 4.78 is 3.14. The first-order valence-electron chi connectivity index (χ1n) is 11.8. The van der Waals surface area contributed by atoms with Crippen LogP contribution in [-0.4, -0.2) is 45.7 Å². The average Bonchev–Trinajstić information content (AvgIpc) is 3.37. The molecule has 8 heteroatoms. The Kier molecular flexibility index (Phi) is 6.34. The first kappa shape index (κ1) is 22.6. The van der Waals surface area contributed by atoms with Gasteiger partial charge in [0, 0.05) is 29.4 Å². The van der Waals surface area contributed by atoms with Gasteiger partial charge >= 0.3 is 0 Å². The zero-order chi connectivity index (χ0) is 23.7. The molecule has 2 aromatic heterocycles. The third-order valence-corrected chi connectivity index (χ3v) is 7.51. The van der Waals surface area contributed by atoms with Gasteiger partial charge in [-0.2, -0.15) is 0 Å². The van der Waals surface area contributed by atoms with Crippen LogP contribution in [-0.2, 0) is 4.79 Å². The molecule has 2 amide bonds. The van der Waals surface area contributed by atoms with E-state index in [4.69, 9.17) is 10.7 Å². The fourth-order valence-electron chi connectivity index (χ4n) is 4.69. The molecular weight excluding hydrogens is 446 g/mol. The number of carbonyl (C=O) groups is 2. The number of hydrogen-bond acceptors (Lipinski definition) is 5. The summed E-state index contributed by atoms with van der Waals surface area (Å²) in [5, 5.41) is 3.05. The van der Waals surface area contributed by atoms with Crippen LogP contribution in [0.15, 0.2) is 42.6 Å². The number of hydrogen-bond donors (Lipinski definition) is 2. The Bertz CT molecular complexity index is 1370. The maximum Gasteiger partial charge on any atom is 0.248 e. The zero-order valence-corrected chi connectivity index (χ0v) is 20.2. The number of nitrogens with zero attached hydrogens (tertiary/aromatic N) is 3. The van der Waals surface area contributed by atoms with E-state index in [-0.39, 0.29) is 5.91 Å². The first-order chi connectivity index (χ1) is 16.5. The Morgan fingerprint density at radius 1 is 1.12 bits per heavy atom. The van der Waals surface area contributed by atoms with Crippen molar-refractivity contribution in [2.75, 3.05) is 25.0 Å². The molecule has 0 saturated carbocycles. The molecule has 0 radical (unpaired) electrons. The van der Waals surface area contributed by atoms with Crippen molar-refractivity contribution in [1.29, 1.82) is 0 Å². The number of piperidine rings is 1. The highest BCUT2D eigenvalue weighted by atomic mass is 32.1. The summed E-state index contributed by atoms with van der Waals surface area (Å²) in [4.78, 5) is 32.1. The van der Waals surface area contributed by atoms with Gasteiger partial charge < -0.3 is 16.0 Å². The van der Waals surface area contributed by atoms with Crippen LogP contribution in [0.25, 0.3) is 26.4 Å². The monoisotopic (exact) mass is 475 g/mol. The minimum Gasteiger partial charge on any atom is -0.366 e. The molecule has 1 fully saturated rings. The summed E-state index contributed by atoms with van der Waals surface area (Å²) >= 11 is 1.59. The predicted molar refractivity (Wildman–Crippen MR) is 137 cm³/mol. The van der Waals surface area contributed by atoms with Crippen LogP contribution in [0.4, 0.5) is 5.69 Å². The van der Waals surface area contributed by atoms with Gasteiger partial charge in [-0.15, -0.1) is 0 Å². The molecule has 1 aliphatic heterocycles. The molecule has 7 nitrogen and oxygen atoms in total. The number of aromatic nitrogens is 2. The van der Waals surface area contributed by atoms with Gasteiger partial charge in [-0.05, 0) is 81.7 Å². The smallest absolute Gasteiger partial charge is 0.248 e. The minimum absolute atomic E-state index is 0.0646. The van der Waals surface area contributed by atoms with E-state index in [0.29, 0.717) is 12.0 Å². The molecule has 0 bridgehead atoms. The first-order valence-corrected chi connectivity index (χ1v) is 12.6. The fraction of sp³-hybridized carbons (Fsp3) is 0.346. The molecule has 34 heavy (non-hydrogen) atoms. The summed E-state index contributed by atoms with van der Waals surface area (Å²) in [5.41, 5.74) is 10.4. The quantitative estimate of drug-likeness (QED) is 0.400. The number of amides is 2. The lowest BCUT2D eigenvalue weighted by molar-refractivity contribution is -0.116. The van der Waals surface area contributed by atoms with Crippen LogP contribution in [0.3, 0.4) is 0 Å². The van der Waals surface area contributed by atoms with Crippen LogP contribution < -0.4 is 11.1 Å². The van der Waals surface area contributed by atoms with E-state index in [0.717, 1.165) is 50.7 Å². The summed E-state index contributed by atoms with van der Waals surface area (Å²) in [6, 6.07) is 11.6. The van der Waals surface area contributed by atoms with E-state index in [2.05, 4.69) is 14.6 Å². The number of anilines is 1. The predicted octanol–water partition coefficient (Wildman–Crippen LogP) is 4.83. The molecule has 3 N–H and O–H groups in total. The summed E-state index contributed by atoms with van der Waals surface area (Å²) in [6.07, 6.45) is 7.32. The highest BCUT2D eigenvalue weighted by Crippen LogP contribution is 2.31. The number of rotatable bonds is 7. The van der Waals surface area contributed by atoms with E-state index in [1.165, 1.54) is 32.4 Å². The number of aryl methyl sites for hydroxylation is 1. The van der Waals surface area contributed by atoms with Gasteiger partial charge in [0.2, 0.25) is 11.8 Å². The molecule has 4 aromatic rings. The lowest BCUT2D eigenvalue weighted by atomic mass is 10.0. The van der Waals surface area contributed by atoms with E-state index in [9.17, 15) is 9.59 Å². The summed E-state index contributed by atoms with van der Waals surface area (Å²) in [5.74, 6) is -0.361. The molecule has 3 heterocycles. The molecule has 0 aliphatic carbocycles. The Labute approximate surface area is 202 Å². The second-order valence-electron chi connectivity index (χ2n) is 9.01. The van der Waals surface area contributed by atoms with Crippen LogP contribution >= 0.6 is 11.3 Å². The van der Waals surface area contributed by atoms with Gasteiger partial charge in [0.05, 0.1) is 15.9 Å². The maximum atomic E-state index is 12.4. The van der Waals surface area contributed by atoms with Crippen molar-refractivity contribution in [3.05, 3.63) is 53.7 Å². The normalized spacial score (nSPS) is 14.6. The van der Waals surface area contributed by atoms with Crippen molar-refractivity contribution in [3.8, 4) is 11.3 Å². The Morgan fingerprint density at radius 3 is 2.71 bits per heavy atom. The van der Waals surface area contributed by atoms with Gasteiger partial charge in [-0.1, -0.05) is 23.8 Å². The Hall–Kier alpha value is -3.23. The highest BCUT2D eigenvalue weighted by molar-refractivity contribution is 7.23. The van der Waals surface area contributed by atoms with E-state index in [1.807, 2.05) is 43.5 Å². The Morgan fingerprint density at radius 2 is 1.94 bits per heavy atom. The highest BCUT2D eigenvalue weighted by Gasteiger charge is 2.14. The lowest BCUT2D eigenvalue weighted by Gasteiger charge is -2.26. The third kappa shape index (κ3) is 4.69. The number of fused-ring (bicyclic) bond motifs is 3. The molecular formula is C26H29N5O2S. The van der Waals surface area contributed by atoms with Crippen LogP contribution in [0.1, 0.15) is 48.0 Å².